The monoisotopic (exact) mass is 253 g/mol. The van der Waals surface area contributed by atoms with E-state index in [1.54, 1.807) is 25.4 Å². The summed E-state index contributed by atoms with van der Waals surface area (Å²) in [5, 5.41) is 12.0. The van der Waals surface area contributed by atoms with Crippen molar-refractivity contribution in [3.8, 4) is 6.07 Å². The van der Waals surface area contributed by atoms with Crippen molar-refractivity contribution in [1.82, 2.24) is 4.98 Å². The minimum Gasteiger partial charge on any atom is -0.384 e. The van der Waals surface area contributed by atoms with Crippen molar-refractivity contribution < 1.29 is 4.74 Å². The molecule has 0 amide bonds. The van der Waals surface area contributed by atoms with Crippen LogP contribution in [0.25, 0.3) is 0 Å². The molecule has 0 unspecified atom stereocenters. The van der Waals surface area contributed by atoms with E-state index in [9.17, 15) is 0 Å². The third-order valence-electron chi connectivity index (χ3n) is 2.75. The van der Waals surface area contributed by atoms with Gasteiger partial charge in [0.05, 0.1) is 12.2 Å². The SMILES string of the molecule is COCCc1ccccc1Nc1ccc(C#N)cn1. The van der Waals surface area contributed by atoms with E-state index in [0.717, 1.165) is 17.9 Å². The van der Waals surface area contributed by atoms with Crippen molar-refractivity contribution in [3.63, 3.8) is 0 Å². The van der Waals surface area contributed by atoms with E-state index < -0.39 is 0 Å². The first-order chi connectivity index (χ1) is 9.33. The molecule has 0 aliphatic carbocycles. The van der Waals surface area contributed by atoms with Crippen molar-refractivity contribution in [1.29, 1.82) is 5.26 Å². The molecular formula is C15H15N3O. The molecular weight excluding hydrogens is 238 g/mol. The predicted molar refractivity (Wildman–Crippen MR) is 74.3 cm³/mol. The van der Waals surface area contributed by atoms with Crippen molar-refractivity contribution in [2.24, 2.45) is 0 Å². The molecule has 0 atom stereocenters. The molecule has 0 bridgehead atoms. The van der Waals surface area contributed by atoms with Gasteiger partial charge in [-0.05, 0) is 30.2 Å². The van der Waals surface area contributed by atoms with Crippen LogP contribution in [0.1, 0.15) is 11.1 Å². The van der Waals surface area contributed by atoms with E-state index in [1.807, 2.05) is 18.2 Å². The van der Waals surface area contributed by atoms with E-state index in [1.165, 1.54) is 5.56 Å². The molecule has 0 fully saturated rings. The maximum absolute atomic E-state index is 8.74. The average Bonchev–Trinajstić information content (AvgIpc) is 2.47. The van der Waals surface area contributed by atoms with Gasteiger partial charge in [-0.3, -0.25) is 0 Å². The normalized spacial score (nSPS) is 9.89. The Morgan fingerprint density at radius 1 is 1.26 bits per heavy atom. The second-order valence-corrected chi connectivity index (χ2v) is 4.07. The number of nitriles is 1. The van der Waals surface area contributed by atoms with Gasteiger partial charge in [0.25, 0.3) is 0 Å². The lowest BCUT2D eigenvalue weighted by Gasteiger charge is -2.11. The molecule has 1 aromatic heterocycles. The van der Waals surface area contributed by atoms with E-state index in [2.05, 4.69) is 22.4 Å². The topological polar surface area (TPSA) is 57.9 Å². The fourth-order valence-electron chi connectivity index (χ4n) is 1.74. The van der Waals surface area contributed by atoms with Crippen LogP contribution >= 0.6 is 0 Å². The molecule has 0 aliphatic rings. The maximum atomic E-state index is 8.74. The van der Waals surface area contributed by atoms with Crippen LogP contribution in [0.2, 0.25) is 0 Å². The molecule has 0 radical (unpaired) electrons. The number of hydrogen-bond donors (Lipinski definition) is 1. The van der Waals surface area contributed by atoms with Gasteiger partial charge in [-0.2, -0.15) is 5.26 Å². The number of nitrogens with one attached hydrogen (secondary N) is 1. The second kappa shape index (κ2) is 6.53. The number of methoxy groups -OCH3 is 1. The molecule has 2 rings (SSSR count). The fourth-order valence-corrected chi connectivity index (χ4v) is 1.74. The molecule has 1 heterocycles. The van der Waals surface area contributed by atoms with Crippen LogP contribution in [0, 0.1) is 11.3 Å². The van der Waals surface area contributed by atoms with Gasteiger partial charge in [0.15, 0.2) is 0 Å². The van der Waals surface area contributed by atoms with Crippen LogP contribution in [-0.2, 0) is 11.2 Å². The third kappa shape index (κ3) is 3.54. The summed E-state index contributed by atoms with van der Waals surface area (Å²) in [6.45, 7) is 0.680. The average molecular weight is 253 g/mol. The summed E-state index contributed by atoms with van der Waals surface area (Å²) >= 11 is 0. The molecule has 19 heavy (non-hydrogen) atoms. The minimum absolute atomic E-state index is 0.554. The number of nitrogens with zero attached hydrogens (tertiary/aromatic N) is 2. The zero-order chi connectivity index (χ0) is 13.5. The zero-order valence-electron chi connectivity index (χ0n) is 10.8. The Morgan fingerprint density at radius 2 is 2.11 bits per heavy atom. The largest absolute Gasteiger partial charge is 0.384 e. The Hall–Kier alpha value is -2.38. The molecule has 4 nitrogen and oxygen atoms in total. The van der Waals surface area contributed by atoms with Crippen molar-refractivity contribution in [3.05, 3.63) is 53.7 Å². The quantitative estimate of drug-likeness (QED) is 0.890. The lowest BCUT2D eigenvalue weighted by Crippen LogP contribution is -2.01. The van der Waals surface area contributed by atoms with Crippen LogP contribution in [0.15, 0.2) is 42.6 Å². The summed E-state index contributed by atoms with van der Waals surface area (Å²) in [4.78, 5) is 4.20. The molecule has 4 heteroatoms. The van der Waals surface area contributed by atoms with Crippen LogP contribution in [0.4, 0.5) is 11.5 Å². The Kier molecular flexibility index (Phi) is 4.49. The molecule has 0 saturated carbocycles. The molecule has 0 spiro atoms. The van der Waals surface area contributed by atoms with Crippen LogP contribution in [-0.4, -0.2) is 18.7 Å². The Labute approximate surface area is 112 Å². The standard InChI is InChI=1S/C15H15N3O/c1-19-9-8-13-4-2-3-5-14(13)18-15-7-6-12(10-16)11-17-15/h2-7,11H,8-9H2,1H3,(H,17,18). The van der Waals surface area contributed by atoms with Gasteiger partial charge >= 0.3 is 0 Å². The number of pyridine rings is 1. The number of rotatable bonds is 5. The van der Waals surface area contributed by atoms with Crippen molar-refractivity contribution in [2.75, 3.05) is 19.0 Å². The molecule has 0 aliphatic heterocycles. The predicted octanol–water partition coefficient (Wildman–Crippen LogP) is 2.89. The van der Waals surface area contributed by atoms with E-state index in [0.29, 0.717) is 12.2 Å². The highest BCUT2D eigenvalue weighted by molar-refractivity contribution is 5.60. The van der Waals surface area contributed by atoms with Gasteiger partial charge in [0.1, 0.15) is 11.9 Å². The highest BCUT2D eigenvalue weighted by Gasteiger charge is 2.03. The zero-order valence-corrected chi connectivity index (χ0v) is 10.8. The third-order valence-corrected chi connectivity index (χ3v) is 2.75. The van der Waals surface area contributed by atoms with E-state index in [4.69, 9.17) is 10.00 Å². The minimum atomic E-state index is 0.554. The summed E-state index contributed by atoms with van der Waals surface area (Å²) in [5.74, 6) is 0.726. The van der Waals surface area contributed by atoms with E-state index >= 15 is 0 Å². The Bertz CT molecular complexity index is 573. The molecule has 96 valence electrons. The molecule has 2 aromatic rings. The first-order valence-corrected chi connectivity index (χ1v) is 6.03. The number of ether oxygens (including phenoxy) is 1. The van der Waals surface area contributed by atoms with Gasteiger partial charge < -0.3 is 10.1 Å². The molecule has 1 aromatic carbocycles. The second-order valence-electron chi connectivity index (χ2n) is 4.07. The Balaban J connectivity index is 2.15. The summed E-state index contributed by atoms with van der Waals surface area (Å²) in [6.07, 6.45) is 2.40. The number of para-hydroxylation sites is 1. The van der Waals surface area contributed by atoms with Gasteiger partial charge in [0.2, 0.25) is 0 Å². The molecule has 1 N–H and O–H groups in total. The number of aromatic nitrogens is 1. The van der Waals surface area contributed by atoms with Crippen molar-refractivity contribution >= 4 is 11.5 Å². The highest BCUT2D eigenvalue weighted by Crippen LogP contribution is 2.20. The summed E-state index contributed by atoms with van der Waals surface area (Å²) in [7, 11) is 1.69. The van der Waals surface area contributed by atoms with Crippen LogP contribution in [0.3, 0.4) is 0 Å². The van der Waals surface area contributed by atoms with Crippen LogP contribution in [0.5, 0.6) is 0 Å². The smallest absolute Gasteiger partial charge is 0.130 e. The summed E-state index contributed by atoms with van der Waals surface area (Å²) < 4.78 is 5.10. The first kappa shape index (κ1) is 13.1. The maximum Gasteiger partial charge on any atom is 0.130 e. The van der Waals surface area contributed by atoms with Crippen molar-refractivity contribution in [2.45, 2.75) is 6.42 Å². The number of anilines is 2. The fraction of sp³-hybridized carbons (Fsp3) is 0.200. The lowest BCUT2D eigenvalue weighted by molar-refractivity contribution is 0.202. The summed E-state index contributed by atoms with van der Waals surface area (Å²) in [5.41, 5.74) is 2.74. The molecule has 0 saturated heterocycles. The van der Waals surface area contributed by atoms with Gasteiger partial charge in [0, 0.05) is 19.0 Å². The van der Waals surface area contributed by atoms with Gasteiger partial charge in [-0.1, -0.05) is 18.2 Å². The number of benzene rings is 1. The Morgan fingerprint density at radius 3 is 2.79 bits per heavy atom. The highest BCUT2D eigenvalue weighted by atomic mass is 16.5. The van der Waals surface area contributed by atoms with Gasteiger partial charge in [-0.15, -0.1) is 0 Å². The van der Waals surface area contributed by atoms with E-state index in [-0.39, 0.29) is 0 Å². The van der Waals surface area contributed by atoms with Gasteiger partial charge in [-0.25, -0.2) is 4.98 Å². The first-order valence-electron chi connectivity index (χ1n) is 6.03. The van der Waals surface area contributed by atoms with Crippen LogP contribution < -0.4 is 5.32 Å². The summed E-state index contributed by atoms with van der Waals surface area (Å²) in [6, 6.07) is 13.6. The number of hydrogen-bond acceptors (Lipinski definition) is 4. The lowest BCUT2D eigenvalue weighted by atomic mass is 10.1.